The smallest absolute Gasteiger partial charge is 0.332 e. The number of carboxylic acid groups (broad SMARTS) is 1. The number of carbonyl (C=O) groups excluding carboxylic acids is 1. The largest absolute Gasteiger partial charge is 0.479 e. The summed E-state index contributed by atoms with van der Waals surface area (Å²) in [6.45, 7) is 3.66. The summed E-state index contributed by atoms with van der Waals surface area (Å²) < 4.78 is 10.8. The fraction of sp³-hybridized carbons (Fsp3) is 0.238. The van der Waals surface area contributed by atoms with Gasteiger partial charge in [0.1, 0.15) is 5.76 Å². The summed E-state index contributed by atoms with van der Waals surface area (Å²) in [6, 6.07) is 9.64. The summed E-state index contributed by atoms with van der Waals surface area (Å²) in [5.41, 5.74) is 1.74. The minimum atomic E-state index is -1.01. The first-order valence-electron chi connectivity index (χ1n) is 8.39. The third-order valence-electron chi connectivity index (χ3n) is 3.77. The molecule has 0 amide bonds. The van der Waals surface area contributed by atoms with Crippen molar-refractivity contribution in [1.29, 1.82) is 0 Å². The van der Waals surface area contributed by atoms with Crippen molar-refractivity contribution in [3.05, 3.63) is 84.2 Å². The highest BCUT2D eigenvalue weighted by Crippen LogP contribution is 2.19. The van der Waals surface area contributed by atoms with E-state index in [0.717, 1.165) is 5.56 Å². The molecule has 5 heteroatoms. The molecule has 136 valence electrons. The van der Waals surface area contributed by atoms with Gasteiger partial charge in [-0.25, -0.2) is 4.79 Å². The number of ether oxygens (including phenoxy) is 2. The molecule has 2 rings (SSSR count). The van der Waals surface area contributed by atoms with E-state index < -0.39 is 12.1 Å². The molecule has 0 spiro atoms. The highest BCUT2D eigenvalue weighted by molar-refractivity contribution is 5.74. The summed E-state index contributed by atoms with van der Waals surface area (Å²) in [6.07, 6.45) is 8.56. The molecule has 1 heterocycles. The van der Waals surface area contributed by atoms with Gasteiger partial charge in [0.25, 0.3) is 0 Å². The molecule has 26 heavy (non-hydrogen) atoms. The van der Waals surface area contributed by atoms with Crippen LogP contribution in [0.2, 0.25) is 0 Å². The fourth-order valence-electron chi connectivity index (χ4n) is 2.47. The number of esters is 1. The van der Waals surface area contributed by atoms with E-state index in [1.54, 1.807) is 30.4 Å². The summed E-state index contributed by atoms with van der Waals surface area (Å²) in [5, 5.41) is 9.34. The predicted molar refractivity (Wildman–Crippen MR) is 98.4 cm³/mol. The van der Waals surface area contributed by atoms with Crippen molar-refractivity contribution in [2.24, 2.45) is 0 Å². The molecule has 1 atom stereocenters. The zero-order chi connectivity index (χ0) is 18.8. The van der Waals surface area contributed by atoms with E-state index in [9.17, 15) is 14.7 Å². The van der Waals surface area contributed by atoms with Gasteiger partial charge in [-0.15, -0.1) is 0 Å². The lowest BCUT2D eigenvalue weighted by atomic mass is 10.1. The first kappa shape index (κ1) is 19.4. The molecule has 1 aromatic carbocycles. The monoisotopic (exact) mass is 354 g/mol. The summed E-state index contributed by atoms with van der Waals surface area (Å²) in [7, 11) is 0. The van der Waals surface area contributed by atoms with Crippen LogP contribution in [0.4, 0.5) is 0 Å². The first-order chi connectivity index (χ1) is 12.6. The lowest BCUT2D eigenvalue weighted by molar-refractivity contribution is -0.150. The van der Waals surface area contributed by atoms with Crippen LogP contribution in [-0.2, 0) is 25.5 Å². The summed E-state index contributed by atoms with van der Waals surface area (Å²) in [5.74, 6) is -1.05. The first-order valence-corrected chi connectivity index (χ1v) is 8.39. The molecule has 0 aromatic heterocycles. The standard InChI is InChI=1S/C21H22O5/c1-2-7-17-10-6-11-20(22)26-18(17)14-15-25-19(21(23)24)13-12-16-8-4-3-5-9-16/h2-10,14,19H,1,11-13,15H2,(H,23,24)/b17-7-,18-14+. The minimum absolute atomic E-state index is 0.0245. The van der Waals surface area contributed by atoms with Crippen molar-refractivity contribution in [3.63, 3.8) is 0 Å². The molecule has 1 aliphatic rings. The van der Waals surface area contributed by atoms with E-state index >= 15 is 0 Å². The van der Waals surface area contributed by atoms with Gasteiger partial charge in [-0.1, -0.05) is 61.2 Å². The molecule has 0 bridgehead atoms. The molecule has 5 nitrogen and oxygen atoms in total. The molecule has 0 aliphatic carbocycles. The molecule has 1 N–H and O–H groups in total. The van der Waals surface area contributed by atoms with Crippen LogP contribution < -0.4 is 0 Å². The minimum Gasteiger partial charge on any atom is -0.479 e. The van der Waals surface area contributed by atoms with E-state index in [2.05, 4.69) is 6.58 Å². The van der Waals surface area contributed by atoms with Gasteiger partial charge in [0, 0.05) is 5.57 Å². The Kier molecular flexibility index (Phi) is 7.58. The Labute approximate surface area is 152 Å². The fourth-order valence-corrected chi connectivity index (χ4v) is 2.47. The Morgan fingerprint density at radius 2 is 2.12 bits per heavy atom. The van der Waals surface area contributed by atoms with E-state index in [1.165, 1.54) is 0 Å². The van der Waals surface area contributed by atoms with E-state index in [0.29, 0.717) is 24.2 Å². The van der Waals surface area contributed by atoms with Crippen molar-refractivity contribution < 1.29 is 24.2 Å². The van der Waals surface area contributed by atoms with Crippen molar-refractivity contribution in [2.45, 2.75) is 25.4 Å². The lowest BCUT2D eigenvalue weighted by Gasteiger charge is -2.13. The number of cyclic esters (lactones) is 1. The third-order valence-corrected chi connectivity index (χ3v) is 3.77. The van der Waals surface area contributed by atoms with Crippen LogP contribution in [0.15, 0.2) is 78.6 Å². The van der Waals surface area contributed by atoms with Crippen molar-refractivity contribution in [1.82, 2.24) is 0 Å². The van der Waals surface area contributed by atoms with Crippen LogP contribution in [0.5, 0.6) is 0 Å². The lowest BCUT2D eigenvalue weighted by Crippen LogP contribution is -2.25. The average molecular weight is 354 g/mol. The average Bonchev–Trinajstić information content (AvgIpc) is 2.80. The zero-order valence-electron chi connectivity index (χ0n) is 14.5. The number of rotatable bonds is 8. The van der Waals surface area contributed by atoms with Crippen LogP contribution in [0.25, 0.3) is 0 Å². The van der Waals surface area contributed by atoms with E-state index in [-0.39, 0.29) is 19.0 Å². The summed E-state index contributed by atoms with van der Waals surface area (Å²) in [4.78, 5) is 23.0. The van der Waals surface area contributed by atoms with E-state index in [1.807, 2.05) is 30.3 Å². The van der Waals surface area contributed by atoms with Crippen molar-refractivity contribution in [3.8, 4) is 0 Å². The number of benzene rings is 1. The second kappa shape index (κ2) is 10.2. The van der Waals surface area contributed by atoms with Gasteiger partial charge in [-0.2, -0.15) is 0 Å². The van der Waals surface area contributed by atoms with Crippen molar-refractivity contribution in [2.75, 3.05) is 6.61 Å². The number of hydrogen-bond acceptors (Lipinski definition) is 4. The second-order valence-corrected chi connectivity index (χ2v) is 5.69. The molecule has 1 aliphatic heterocycles. The number of carbonyl (C=O) groups is 2. The van der Waals surface area contributed by atoms with Gasteiger partial charge < -0.3 is 14.6 Å². The maximum Gasteiger partial charge on any atom is 0.332 e. The maximum absolute atomic E-state index is 11.6. The molecular weight excluding hydrogens is 332 g/mol. The van der Waals surface area contributed by atoms with Gasteiger partial charge in [0.2, 0.25) is 0 Å². The molecule has 0 fully saturated rings. The highest BCUT2D eigenvalue weighted by atomic mass is 16.5. The molecular formula is C21H22O5. The van der Waals surface area contributed by atoms with Crippen LogP contribution in [-0.4, -0.2) is 29.8 Å². The quantitative estimate of drug-likeness (QED) is 0.722. The molecule has 1 aromatic rings. The summed E-state index contributed by atoms with van der Waals surface area (Å²) >= 11 is 0. The number of carboxylic acids is 1. The molecule has 0 radical (unpaired) electrons. The number of aliphatic carboxylic acids is 1. The van der Waals surface area contributed by atoms with Crippen LogP contribution in [0, 0.1) is 0 Å². The number of aryl methyl sites for hydroxylation is 1. The SMILES string of the molecule is C=C/C=C1/C=CCC(=O)O/C1=C/COC(CCc1ccccc1)C(=O)O. The predicted octanol–water partition coefficient (Wildman–Crippen LogP) is 3.59. The topological polar surface area (TPSA) is 72.8 Å². The molecule has 0 saturated carbocycles. The Morgan fingerprint density at radius 1 is 1.35 bits per heavy atom. The zero-order valence-corrected chi connectivity index (χ0v) is 14.5. The molecule has 0 saturated heterocycles. The van der Waals surface area contributed by atoms with Crippen LogP contribution >= 0.6 is 0 Å². The van der Waals surface area contributed by atoms with Crippen molar-refractivity contribution >= 4 is 11.9 Å². The van der Waals surface area contributed by atoms with E-state index in [4.69, 9.17) is 9.47 Å². The number of allylic oxidation sites excluding steroid dienone is 3. The van der Waals surface area contributed by atoms with Gasteiger partial charge >= 0.3 is 11.9 Å². The Hall–Kier alpha value is -2.92. The molecule has 1 unspecified atom stereocenters. The second-order valence-electron chi connectivity index (χ2n) is 5.69. The van der Waals surface area contributed by atoms with Gasteiger partial charge in [-0.05, 0) is 24.5 Å². The Morgan fingerprint density at radius 3 is 2.81 bits per heavy atom. The van der Waals surface area contributed by atoms with Crippen LogP contribution in [0.3, 0.4) is 0 Å². The highest BCUT2D eigenvalue weighted by Gasteiger charge is 2.18. The van der Waals surface area contributed by atoms with Gasteiger partial charge in [0.15, 0.2) is 6.10 Å². The van der Waals surface area contributed by atoms with Gasteiger partial charge in [-0.3, -0.25) is 4.79 Å². The van der Waals surface area contributed by atoms with Crippen LogP contribution in [0.1, 0.15) is 18.4 Å². The van der Waals surface area contributed by atoms with Gasteiger partial charge in [0.05, 0.1) is 13.0 Å². The Bertz CT molecular complexity index is 728. The third kappa shape index (κ3) is 6.18. The normalized spacial score (nSPS) is 18.4. The Balaban J connectivity index is 1.98. The maximum atomic E-state index is 11.6. The number of hydrogen-bond donors (Lipinski definition) is 1.